The third-order valence-corrected chi connectivity index (χ3v) is 7.55. The van der Waals surface area contributed by atoms with Gasteiger partial charge in [-0.25, -0.2) is 4.98 Å². The van der Waals surface area contributed by atoms with Gasteiger partial charge in [0.1, 0.15) is 12.1 Å². The van der Waals surface area contributed by atoms with Crippen LogP contribution in [0.15, 0.2) is 29.8 Å². The van der Waals surface area contributed by atoms with Gasteiger partial charge in [0, 0.05) is 25.9 Å². The average Bonchev–Trinajstić information content (AvgIpc) is 3.46. The maximum atomic E-state index is 13.6. The standard InChI is InChI=1S/C27H39N5O4S.ClH/c1-17-23(37-16-30-17)19-10-8-18(9-11-19)14-29-25(35)21-13-20(33)15-32(21)26(36)24(27(2,3)4)31-22(34)7-5-6-12-28;/h8-11,16,20-21,24,33H,5-7,12-15,28H2,1-4H3,(H,29,35)(H,31,34);1H/t20-,21-,24-;/m1./s1. The van der Waals surface area contributed by atoms with Gasteiger partial charge in [-0.3, -0.25) is 14.4 Å². The van der Waals surface area contributed by atoms with Crippen LogP contribution in [0.25, 0.3) is 10.4 Å². The molecule has 5 N–H and O–H groups in total. The highest BCUT2D eigenvalue weighted by atomic mass is 35.5. The second-order valence-electron chi connectivity index (χ2n) is 10.7. The summed E-state index contributed by atoms with van der Waals surface area (Å²) in [5, 5.41) is 16.1. The highest BCUT2D eigenvalue weighted by Crippen LogP contribution is 2.28. The molecule has 1 fully saturated rings. The van der Waals surface area contributed by atoms with Crippen molar-refractivity contribution < 1.29 is 19.5 Å². The Kier molecular flexibility index (Phi) is 11.7. The van der Waals surface area contributed by atoms with E-state index < -0.39 is 23.6 Å². The summed E-state index contributed by atoms with van der Waals surface area (Å²) >= 11 is 1.59. The molecule has 0 radical (unpaired) electrons. The maximum Gasteiger partial charge on any atom is 0.246 e. The molecular weight excluding hydrogens is 526 g/mol. The van der Waals surface area contributed by atoms with Crippen molar-refractivity contribution in [3.8, 4) is 10.4 Å². The van der Waals surface area contributed by atoms with E-state index in [1.54, 1.807) is 11.3 Å². The number of hydrogen-bond donors (Lipinski definition) is 4. The molecule has 1 aromatic carbocycles. The van der Waals surface area contributed by atoms with Crippen LogP contribution in [0.2, 0.25) is 0 Å². The fourth-order valence-corrected chi connectivity index (χ4v) is 5.26. The number of halogens is 1. The molecule has 2 aromatic rings. The molecule has 0 bridgehead atoms. The molecule has 1 saturated heterocycles. The first kappa shape index (κ1) is 31.7. The zero-order valence-electron chi connectivity index (χ0n) is 22.5. The summed E-state index contributed by atoms with van der Waals surface area (Å²) in [6, 6.07) is 6.29. The predicted octanol–water partition coefficient (Wildman–Crippen LogP) is 2.78. The second kappa shape index (κ2) is 14.0. The number of carbonyl (C=O) groups is 3. The van der Waals surface area contributed by atoms with Crippen molar-refractivity contribution in [1.29, 1.82) is 0 Å². The Balaban J connectivity index is 0.00000507. The minimum absolute atomic E-state index is 0. The van der Waals surface area contributed by atoms with Crippen molar-refractivity contribution >= 4 is 41.5 Å². The molecular formula is C27H40ClN5O4S. The number of aliphatic hydroxyl groups is 1. The highest BCUT2D eigenvalue weighted by Gasteiger charge is 2.44. The zero-order valence-corrected chi connectivity index (χ0v) is 24.2. The van der Waals surface area contributed by atoms with E-state index in [1.807, 2.05) is 57.5 Å². The first-order valence-electron chi connectivity index (χ1n) is 12.8. The van der Waals surface area contributed by atoms with Crippen LogP contribution >= 0.6 is 23.7 Å². The third-order valence-electron chi connectivity index (χ3n) is 6.57. The van der Waals surface area contributed by atoms with Gasteiger partial charge in [-0.1, -0.05) is 45.0 Å². The lowest BCUT2D eigenvalue weighted by Crippen LogP contribution is -2.57. The molecule has 1 aliphatic heterocycles. The van der Waals surface area contributed by atoms with E-state index in [0.717, 1.165) is 28.1 Å². The predicted molar refractivity (Wildman–Crippen MR) is 152 cm³/mol. The van der Waals surface area contributed by atoms with Crippen molar-refractivity contribution in [2.75, 3.05) is 13.1 Å². The average molecular weight is 566 g/mol. The van der Waals surface area contributed by atoms with E-state index in [1.165, 1.54) is 4.90 Å². The van der Waals surface area contributed by atoms with Gasteiger partial charge in [0.2, 0.25) is 17.7 Å². The van der Waals surface area contributed by atoms with Gasteiger partial charge in [-0.15, -0.1) is 23.7 Å². The summed E-state index contributed by atoms with van der Waals surface area (Å²) in [6.45, 7) is 8.44. The number of likely N-dealkylation sites (tertiary alicyclic amines) is 1. The molecule has 1 aliphatic rings. The number of β-amino-alcohol motifs (C(OH)–C–C–N with tert-alkyl or cyclic N) is 1. The number of aromatic nitrogens is 1. The number of aryl methyl sites for hydroxylation is 1. The molecule has 2 heterocycles. The zero-order chi connectivity index (χ0) is 27.2. The number of carbonyl (C=O) groups excluding carboxylic acids is 3. The Bertz CT molecular complexity index is 1090. The SMILES string of the molecule is Cc1ncsc1-c1ccc(CNC(=O)[C@H]2C[C@@H](O)CN2C(=O)[C@@H](NC(=O)CCCCN)C(C)(C)C)cc1.Cl. The van der Waals surface area contributed by atoms with Gasteiger partial charge in [-0.05, 0) is 42.9 Å². The number of unbranched alkanes of at least 4 members (excludes halogenated alkanes) is 1. The van der Waals surface area contributed by atoms with Crippen LogP contribution in [0.5, 0.6) is 0 Å². The second-order valence-corrected chi connectivity index (χ2v) is 11.5. The molecule has 210 valence electrons. The molecule has 3 atom stereocenters. The largest absolute Gasteiger partial charge is 0.391 e. The summed E-state index contributed by atoms with van der Waals surface area (Å²) < 4.78 is 0. The lowest BCUT2D eigenvalue weighted by atomic mass is 9.85. The fraction of sp³-hybridized carbons (Fsp3) is 0.556. The number of benzene rings is 1. The van der Waals surface area contributed by atoms with E-state index in [4.69, 9.17) is 5.73 Å². The Morgan fingerprint density at radius 2 is 1.89 bits per heavy atom. The van der Waals surface area contributed by atoms with Crippen molar-refractivity contribution in [3.05, 3.63) is 41.0 Å². The van der Waals surface area contributed by atoms with E-state index in [0.29, 0.717) is 19.5 Å². The summed E-state index contributed by atoms with van der Waals surface area (Å²) in [6.07, 6.45) is 1.01. The number of nitrogens with one attached hydrogen (secondary N) is 2. The monoisotopic (exact) mass is 565 g/mol. The van der Waals surface area contributed by atoms with Crippen LogP contribution in [0.4, 0.5) is 0 Å². The number of rotatable bonds is 10. The van der Waals surface area contributed by atoms with Crippen molar-refractivity contribution in [2.45, 2.75) is 78.1 Å². The van der Waals surface area contributed by atoms with Crippen molar-refractivity contribution in [1.82, 2.24) is 20.5 Å². The lowest BCUT2D eigenvalue weighted by molar-refractivity contribution is -0.144. The molecule has 11 heteroatoms. The van der Waals surface area contributed by atoms with Crippen LogP contribution in [-0.2, 0) is 20.9 Å². The first-order valence-corrected chi connectivity index (χ1v) is 13.6. The fourth-order valence-electron chi connectivity index (χ4n) is 4.44. The molecule has 0 unspecified atom stereocenters. The summed E-state index contributed by atoms with van der Waals surface area (Å²) in [4.78, 5) is 46.0. The van der Waals surface area contributed by atoms with Crippen molar-refractivity contribution in [2.24, 2.45) is 11.1 Å². The van der Waals surface area contributed by atoms with Crippen LogP contribution in [0, 0.1) is 12.3 Å². The van der Waals surface area contributed by atoms with Crippen LogP contribution in [0.1, 0.15) is 57.7 Å². The summed E-state index contributed by atoms with van der Waals surface area (Å²) in [7, 11) is 0. The number of amides is 3. The van der Waals surface area contributed by atoms with Gasteiger partial charge in [0.25, 0.3) is 0 Å². The number of hydrogen-bond acceptors (Lipinski definition) is 7. The molecule has 0 aliphatic carbocycles. The number of nitrogens with two attached hydrogens (primary N) is 1. The quantitative estimate of drug-likeness (QED) is 0.327. The first-order chi connectivity index (χ1) is 17.5. The smallest absolute Gasteiger partial charge is 0.246 e. The Hall–Kier alpha value is -2.53. The highest BCUT2D eigenvalue weighted by molar-refractivity contribution is 7.13. The molecule has 1 aromatic heterocycles. The van der Waals surface area contributed by atoms with Crippen LogP contribution < -0.4 is 16.4 Å². The summed E-state index contributed by atoms with van der Waals surface area (Å²) in [5.74, 6) is -0.908. The number of aliphatic hydroxyl groups excluding tert-OH is 1. The van der Waals surface area contributed by atoms with Gasteiger partial charge in [-0.2, -0.15) is 0 Å². The van der Waals surface area contributed by atoms with Gasteiger partial charge in [0.15, 0.2) is 0 Å². The van der Waals surface area contributed by atoms with E-state index in [9.17, 15) is 19.5 Å². The molecule has 9 nitrogen and oxygen atoms in total. The lowest BCUT2D eigenvalue weighted by Gasteiger charge is -2.35. The Morgan fingerprint density at radius 3 is 2.47 bits per heavy atom. The number of thiazole rings is 1. The van der Waals surface area contributed by atoms with Crippen LogP contribution in [0.3, 0.4) is 0 Å². The molecule has 3 rings (SSSR count). The third kappa shape index (κ3) is 8.23. The Morgan fingerprint density at radius 1 is 1.21 bits per heavy atom. The van der Waals surface area contributed by atoms with E-state index in [2.05, 4.69) is 15.6 Å². The minimum Gasteiger partial charge on any atom is -0.391 e. The van der Waals surface area contributed by atoms with Crippen molar-refractivity contribution in [3.63, 3.8) is 0 Å². The number of nitrogens with zero attached hydrogens (tertiary/aromatic N) is 2. The van der Waals surface area contributed by atoms with E-state index in [-0.39, 0.29) is 49.5 Å². The minimum atomic E-state index is -0.818. The molecule has 38 heavy (non-hydrogen) atoms. The maximum absolute atomic E-state index is 13.6. The summed E-state index contributed by atoms with van der Waals surface area (Å²) in [5.41, 5.74) is 9.73. The Labute approximate surface area is 235 Å². The molecule has 0 saturated carbocycles. The molecule has 0 spiro atoms. The van der Waals surface area contributed by atoms with Crippen LogP contribution in [-0.4, -0.2) is 64.0 Å². The normalized spacial score (nSPS) is 18.0. The topological polar surface area (TPSA) is 138 Å². The van der Waals surface area contributed by atoms with Gasteiger partial charge in [0.05, 0.1) is 22.2 Å². The molecule has 3 amide bonds. The van der Waals surface area contributed by atoms with Gasteiger partial charge < -0.3 is 26.4 Å². The van der Waals surface area contributed by atoms with Gasteiger partial charge >= 0.3 is 0 Å². The van der Waals surface area contributed by atoms with E-state index >= 15 is 0 Å².